The van der Waals surface area contributed by atoms with Gasteiger partial charge in [0, 0.05) is 43.3 Å². The number of anilines is 1. The first-order chi connectivity index (χ1) is 17.3. The van der Waals surface area contributed by atoms with Crippen LogP contribution < -0.4 is 10.6 Å². The van der Waals surface area contributed by atoms with Crippen molar-refractivity contribution in [3.8, 4) is 0 Å². The van der Waals surface area contributed by atoms with Gasteiger partial charge in [-0.05, 0) is 57.5 Å². The fourth-order valence-corrected chi connectivity index (χ4v) is 4.03. The van der Waals surface area contributed by atoms with E-state index in [1.165, 1.54) is 46.2 Å². The Bertz CT molecular complexity index is 1300. The number of carboxylic acids is 1. The van der Waals surface area contributed by atoms with Crippen LogP contribution in [0.2, 0.25) is 0 Å². The van der Waals surface area contributed by atoms with Gasteiger partial charge in [0.15, 0.2) is 0 Å². The van der Waals surface area contributed by atoms with Crippen molar-refractivity contribution < 1.29 is 33.4 Å². The monoisotopic (exact) mass is 514 g/mol. The first-order valence-electron chi connectivity index (χ1n) is 11.6. The number of benzene rings is 1. The lowest BCUT2D eigenvalue weighted by atomic mass is 10.0. The van der Waals surface area contributed by atoms with Crippen LogP contribution in [0.15, 0.2) is 18.2 Å². The second-order valence-corrected chi connectivity index (χ2v) is 9.45. The molecule has 2 heterocycles. The minimum absolute atomic E-state index is 0.0119. The van der Waals surface area contributed by atoms with Gasteiger partial charge in [-0.2, -0.15) is 0 Å². The Labute approximate surface area is 213 Å². The first-order valence-corrected chi connectivity index (χ1v) is 11.6. The predicted molar refractivity (Wildman–Crippen MR) is 135 cm³/mol. The summed E-state index contributed by atoms with van der Waals surface area (Å²) in [6.45, 7) is 6.30. The molecule has 2 aromatic rings. The largest absolute Gasteiger partial charge is 0.480 e. The zero-order valence-corrected chi connectivity index (χ0v) is 21.6. The lowest BCUT2D eigenvalue weighted by Gasteiger charge is -2.32. The number of likely N-dealkylation sites (N-methyl/N-ethyl adjacent to an activating group) is 1. The van der Waals surface area contributed by atoms with Gasteiger partial charge in [-0.3, -0.25) is 14.4 Å². The number of methoxy groups -OCH3 is 1. The maximum atomic E-state index is 13.8. The van der Waals surface area contributed by atoms with Crippen molar-refractivity contribution in [2.24, 2.45) is 0 Å². The number of hydrogen-bond donors (Lipinski definition) is 4. The average molecular weight is 515 g/mol. The molecule has 1 unspecified atom stereocenters. The highest BCUT2D eigenvalue weighted by Crippen LogP contribution is 2.34. The average Bonchev–Trinajstić information content (AvgIpc) is 3.29. The lowest BCUT2D eigenvalue weighted by Crippen LogP contribution is -2.51. The molecule has 1 aromatic heterocycles. The summed E-state index contributed by atoms with van der Waals surface area (Å²) in [6, 6.07) is 4.03. The maximum Gasteiger partial charge on any atom is 0.329 e. The van der Waals surface area contributed by atoms with E-state index in [-0.39, 0.29) is 24.4 Å². The molecule has 1 aromatic carbocycles. The van der Waals surface area contributed by atoms with E-state index in [1.54, 1.807) is 19.9 Å². The number of rotatable bonds is 9. The summed E-state index contributed by atoms with van der Waals surface area (Å²) in [7, 11) is 2.80. The predicted octanol–water partition coefficient (Wildman–Crippen LogP) is 2.72. The molecule has 0 saturated heterocycles. The van der Waals surface area contributed by atoms with Crippen LogP contribution >= 0.6 is 0 Å². The molecule has 1 aliphatic rings. The van der Waals surface area contributed by atoms with Crippen LogP contribution in [0.1, 0.15) is 53.1 Å². The van der Waals surface area contributed by atoms with Gasteiger partial charge in [-0.1, -0.05) is 0 Å². The van der Waals surface area contributed by atoms with Crippen molar-refractivity contribution in [2.45, 2.75) is 45.8 Å². The van der Waals surface area contributed by atoms with Gasteiger partial charge in [0.05, 0.1) is 23.7 Å². The molecule has 37 heavy (non-hydrogen) atoms. The SMILES string of the molecule is COC(CNC(=O)c1c(C)[nH]c(/C=C2\C(=O)Nc3ccc(F)cc32)c1C)CC(=O)N(C)C(C)(C)C(=O)O. The highest BCUT2D eigenvalue weighted by atomic mass is 19.1. The van der Waals surface area contributed by atoms with E-state index in [1.807, 2.05) is 0 Å². The number of halogens is 1. The zero-order chi connectivity index (χ0) is 27.7. The van der Waals surface area contributed by atoms with Crippen molar-refractivity contribution in [2.75, 3.05) is 26.0 Å². The van der Waals surface area contributed by atoms with Crippen molar-refractivity contribution in [3.63, 3.8) is 0 Å². The Balaban J connectivity index is 1.74. The minimum Gasteiger partial charge on any atom is -0.480 e. The Kier molecular flexibility index (Phi) is 7.87. The third-order valence-corrected chi connectivity index (χ3v) is 6.72. The molecule has 3 rings (SSSR count). The molecule has 4 N–H and O–H groups in total. The van der Waals surface area contributed by atoms with E-state index >= 15 is 0 Å². The number of hydrogen-bond acceptors (Lipinski definition) is 5. The van der Waals surface area contributed by atoms with Gasteiger partial charge in [0.1, 0.15) is 11.4 Å². The van der Waals surface area contributed by atoms with Gasteiger partial charge < -0.3 is 30.4 Å². The second-order valence-electron chi connectivity index (χ2n) is 9.45. The van der Waals surface area contributed by atoms with Crippen molar-refractivity contribution in [3.05, 3.63) is 52.1 Å². The van der Waals surface area contributed by atoms with Crippen LogP contribution in [-0.2, 0) is 19.1 Å². The van der Waals surface area contributed by atoms with Crippen LogP contribution in [0.25, 0.3) is 11.6 Å². The van der Waals surface area contributed by atoms with E-state index in [0.29, 0.717) is 33.8 Å². The number of carboxylic acid groups (broad SMARTS) is 1. The highest BCUT2D eigenvalue weighted by molar-refractivity contribution is 6.34. The number of nitrogens with one attached hydrogen (secondary N) is 3. The molecule has 0 fully saturated rings. The second kappa shape index (κ2) is 10.6. The number of amides is 3. The summed E-state index contributed by atoms with van der Waals surface area (Å²) >= 11 is 0. The number of carbonyl (C=O) groups is 4. The van der Waals surface area contributed by atoms with Crippen molar-refractivity contribution in [1.29, 1.82) is 0 Å². The Morgan fingerprint density at radius 1 is 1.27 bits per heavy atom. The van der Waals surface area contributed by atoms with Crippen LogP contribution in [0.4, 0.5) is 10.1 Å². The third kappa shape index (κ3) is 5.56. The number of carbonyl (C=O) groups excluding carboxylic acids is 3. The molecule has 11 heteroatoms. The number of ether oxygens (including phenoxy) is 1. The van der Waals surface area contributed by atoms with Gasteiger partial charge in [0.2, 0.25) is 5.91 Å². The number of H-pyrrole nitrogens is 1. The van der Waals surface area contributed by atoms with Gasteiger partial charge >= 0.3 is 5.97 Å². The van der Waals surface area contributed by atoms with E-state index < -0.39 is 35.2 Å². The minimum atomic E-state index is -1.40. The Hall–Kier alpha value is -3.99. The molecule has 3 amide bonds. The molecule has 0 spiro atoms. The summed E-state index contributed by atoms with van der Waals surface area (Å²) < 4.78 is 19.1. The number of aromatic amines is 1. The summed E-state index contributed by atoms with van der Waals surface area (Å²) in [6.07, 6.45) is 0.770. The van der Waals surface area contributed by atoms with Crippen LogP contribution in [0.5, 0.6) is 0 Å². The van der Waals surface area contributed by atoms with Gasteiger partial charge in [0.25, 0.3) is 11.8 Å². The van der Waals surface area contributed by atoms with E-state index in [4.69, 9.17) is 4.74 Å². The summed E-state index contributed by atoms with van der Waals surface area (Å²) in [5.41, 5.74) is 1.88. The van der Waals surface area contributed by atoms with Crippen molar-refractivity contribution >= 4 is 41.0 Å². The molecule has 1 aliphatic heterocycles. The fourth-order valence-electron chi connectivity index (χ4n) is 4.03. The molecule has 0 saturated carbocycles. The molecular weight excluding hydrogens is 483 g/mol. The topological polar surface area (TPSA) is 141 Å². The van der Waals surface area contributed by atoms with Crippen molar-refractivity contribution in [1.82, 2.24) is 15.2 Å². The molecule has 0 radical (unpaired) electrons. The molecule has 198 valence electrons. The maximum absolute atomic E-state index is 13.8. The number of aliphatic carboxylic acids is 1. The van der Waals surface area contributed by atoms with Crippen LogP contribution in [-0.4, -0.2) is 71.0 Å². The van der Waals surface area contributed by atoms with E-state index in [2.05, 4.69) is 15.6 Å². The smallest absolute Gasteiger partial charge is 0.329 e. The normalized spacial score (nSPS) is 14.8. The van der Waals surface area contributed by atoms with E-state index in [0.717, 1.165) is 4.90 Å². The van der Waals surface area contributed by atoms with E-state index in [9.17, 15) is 28.7 Å². The number of aryl methyl sites for hydroxylation is 1. The summed E-state index contributed by atoms with van der Waals surface area (Å²) in [4.78, 5) is 53.7. The standard InChI is InChI=1S/C26H31FN4O6/c1-13-20(11-18-17-9-15(27)7-8-19(17)30-23(18)33)29-14(2)22(13)24(34)28-12-16(37-6)10-21(32)31(5)26(3,4)25(35)36/h7-9,11,16,29H,10,12H2,1-6H3,(H,28,34)(H,30,33)(H,35,36)/b18-11-. The Morgan fingerprint density at radius 3 is 2.57 bits per heavy atom. The van der Waals surface area contributed by atoms with Gasteiger partial charge in [-0.15, -0.1) is 0 Å². The fraction of sp³-hybridized carbons (Fsp3) is 0.385. The number of nitrogens with zero attached hydrogens (tertiary/aromatic N) is 1. The number of fused-ring (bicyclic) bond motifs is 1. The quantitative estimate of drug-likeness (QED) is 0.379. The van der Waals surface area contributed by atoms with Gasteiger partial charge in [-0.25, -0.2) is 9.18 Å². The number of aromatic nitrogens is 1. The molecule has 10 nitrogen and oxygen atoms in total. The first kappa shape index (κ1) is 27.6. The zero-order valence-electron chi connectivity index (χ0n) is 21.6. The van der Waals surface area contributed by atoms with Crippen LogP contribution in [0.3, 0.4) is 0 Å². The highest BCUT2D eigenvalue weighted by Gasteiger charge is 2.36. The summed E-state index contributed by atoms with van der Waals surface area (Å²) in [5.74, 6) is -2.83. The molecule has 0 aliphatic carbocycles. The Morgan fingerprint density at radius 2 is 1.95 bits per heavy atom. The van der Waals surface area contributed by atoms with Crippen LogP contribution in [0, 0.1) is 19.7 Å². The lowest BCUT2D eigenvalue weighted by molar-refractivity contribution is -0.156. The molecule has 1 atom stereocenters. The molecular formula is C26H31FN4O6. The molecule has 0 bridgehead atoms. The third-order valence-electron chi connectivity index (χ3n) is 6.72. The summed E-state index contributed by atoms with van der Waals surface area (Å²) in [5, 5.41) is 14.8.